The SMILES string of the molecule is CN(C)c1cccc(C(=O)O[C@H](C(=O)N2CCCC2)c2ccccc2)c1. The molecule has 0 unspecified atom stereocenters. The van der Waals surface area contributed by atoms with Crippen molar-refractivity contribution in [1.29, 1.82) is 0 Å². The van der Waals surface area contributed by atoms with Crippen LogP contribution in [-0.2, 0) is 9.53 Å². The normalized spacial score (nSPS) is 14.8. The summed E-state index contributed by atoms with van der Waals surface area (Å²) in [6.45, 7) is 1.44. The van der Waals surface area contributed by atoms with Gasteiger partial charge in [-0.15, -0.1) is 0 Å². The fourth-order valence-electron chi connectivity index (χ4n) is 3.08. The highest BCUT2D eigenvalue weighted by Crippen LogP contribution is 2.25. The Morgan fingerprint density at radius 3 is 2.35 bits per heavy atom. The van der Waals surface area contributed by atoms with Crippen LogP contribution in [0, 0.1) is 0 Å². The van der Waals surface area contributed by atoms with Crippen LogP contribution in [0.4, 0.5) is 5.69 Å². The molecule has 0 aromatic heterocycles. The zero-order chi connectivity index (χ0) is 18.5. The number of ether oxygens (including phenoxy) is 1. The fraction of sp³-hybridized carbons (Fsp3) is 0.333. The summed E-state index contributed by atoms with van der Waals surface area (Å²) in [5, 5.41) is 0. The van der Waals surface area contributed by atoms with Gasteiger partial charge in [-0.05, 0) is 31.0 Å². The van der Waals surface area contributed by atoms with Gasteiger partial charge in [0.15, 0.2) is 0 Å². The van der Waals surface area contributed by atoms with E-state index >= 15 is 0 Å². The molecule has 0 radical (unpaired) electrons. The Kier molecular flexibility index (Phi) is 5.56. The maximum Gasteiger partial charge on any atom is 0.339 e. The van der Waals surface area contributed by atoms with Gasteiger partial charge in [-0.3, -0.25) is 4.79 Å². The first-order valence-electron chi connectivity index (χ1n) is 8.88. The van der Waals surface area contributed by atoms with E-state index in [2.05, 4.69) is 0 Å². The summed E-state index contributed by atoms with van der Waals surface area (Å²) < 4.78 is 5.68. The second kappa shape index (κ2) is 8.04. The maximum atomic E-state index is 12.9. The number of benzene rings is 2. The van der Waals surface area contributed by atoms with Gasteiger partial charge in [0, 0.05) is 38.4 Å². The van der Waals surface area contributed by atoms with E-state index in [0.29, 0.717) is 11.1 Å². The lowest BCUT2D eigenvalue weighted by Crippen LogP contribution is -2.34. The van der Waals surface area contributed by atoms with E-state index in [0.717, 1.165) is 31.6 Å². The van der Waals surface area contributed by atoms with Gasteiger partial charge < -0.3 is 14.5 Å². The Balaban J connectivity index is 1.84. The average Bonchev–Trinajstić information content (AvgIpc) is 3.21. The molecular weight excluding hydrogens is 328 g/mol. The molecule has 1 amide bonds. The Bertz CT molecular complexity index is 768. The number of carbonyl (C=O) groups excluding carboxylic acids is 2. The molecule has 136 valence electrons. The highest BCUT2D eigenvalue weighted by molar-refractivity contribution is 5.93. The van der Waals surface area contributed by atoms with Crippen LogP contribution in [0.1, 0.15) is 34.9 Å². The molecule has 0 N–H and O–H groups in total. The first-order valence-corrected chi connectivity index (χ1v) is 8.88. The lowest BCUT2D eigenvalue weighted by Gasteiger charge is -2.23. The Hall–Kier alpha value is -2.82. The van der Waals surface area contributed by atoms with E-state index in [1.54, 1.807) is 17.0 Å². The van der Waals surface area contributed by atoms with Crippen LogP contribution >= 0.6 is 0 Å². The summed E-state index contributed by atoms with van der Waals surface area (Å²) in [5.41, 5.74) is 2.04. The number of esters is 1. The molecule has 5 nitrogen and oxygen atoms in total. The molecule has 1 heterocycles. The van der Waals surface area contributed by atoms with Gasteiger partial charge >= 0.3 is 5.97 Å². The number of carbonyl (C=O) groups is 2. The van der Waals surface area contributed by atoms with Crippen molar-refractivity contribution in [3.05, 3.63) is 65.7 Å². The molecule has 0 spiro atoms. The number of hydrogen-bond acceptors (Lipinski definition) is 4. The largest absolute Gasteiger partial charge is 0.444 e. The Morgan fingerprint density at radius 2 is 1.69 bits per heavy atom. The van der Waals surface area contributed by atoms with Gasteiger partial charge in [0.1, 0.15) is 0 Å². The Labute approximate surface area is 154 Å². The van der Waals surface area contributed by atoms with Crippen LogP contribution in [0.5, 0.6) is 0 Å². The summed E-state index contributed by atoms with van der Waals surface area (Å²) in [6.07, 6.45) is 1.07. The van der Waals surface area contributed by atoms with E-state index in [1.807, 2.05) is 61.5 Å². The number of amides is 1. The van der Waals surface area contributed by atoms with Crippen molar-refractivity contribution in [2.45, 2.75) is 18.9 Å². The molecule has 0 bridgehead atoms. The third-order valence-electron chi connectivity index (χ3n) is 4.57. The molecule has 1 aliphatic heterocycles. The van der Waals surface area contributed by atoms with Crippen LogP contribution in [0.15, 0.2) is 54.6 Å². The minimum absolute atomic E-state index is 0.147. The van der Waals surface area contributed by atoms with Crippen molar-refractivity contribution in [2.24, 2.45) is 0 Å². The zero-order valence-corrected chi connectivity index (χ0v) is 15.2. The van der Waals surface area contributed by atoms with Gasteiger partial charge in [-0.2, -0.15) is 0 Å². The highest BCUT2D eigenvalue weighted by Gasteiger charge is 2.31. The second-order valence-electron chi connectivity index (χ2n) is 6.67. The van der Waals surface area contributed by atoms with Crippen molar-refractivity contribution in [1.82, 2.24) is 4.90 Å². The molecule has 26 heavy (non-hydrogen) atoms. The highest BCUT2D eigenvalue weighted by atomic mass is 16.5. The molecule has 1 saturated heterocycles. The van der Waals surface area contributed by atoms with E-state index < -0.39 is 12.1 Å². The van der Waals surface area contributed by atoms with E-state index in [-0.39, 0.29) is 5.91 Å². The predicted octanol–water partition coefficient (Wildman–Crippen LogP) is 3.27. The van der Waals surface area contributed by atoms with Crippen LogP contribution in [0.2, 0.25) is 0 Å². The standard InChI is InChI=1S/C21H24N2O3/c1-22(2)18-12-8-11-17(15-18)21(25)26-19(16-9-4-3-5-10-16)20(24)23-13-6-7-14-23/h3-5,8-12,15,19H,6-7,13-14H2,1-2H3/t19-/m0/s1. The van der Waals surface area contributed by atoms with Crippen LogP contribution in [0.25, 0.3) is 0 Å². The van der Waals surface area contributed by atoms with Gasteiger partial charge in [0.05, 0.1) is 5.56 Å². The quantitative estimate of drug-likeness (QED) is 0.775. The number of rotatable bonds is 5. The van der Waals surface area contributed by atoms with Crippen LogP contribution < -0.4 is 4.90 Å². The lowest BCUT2D eigenvalue weighted by atomic mass is 10.1. The summed E-state index contributed by atoms with van der Waals surface area (Å²) >= 11 is 0. The summed E-state index contributed by atoms with van der Waals surface area (Å²) in [5.74, 6) is -0.638. The number of hydrogen-bond donors (Lipinski definition) is 0. The molecule has 0 aliphatic carbocycles. The van der Waals surface area contributed by atoms with E-state index in [4.69, 9.17) is 4.74 Å². The monoisotopic (exact) mass is 352 g/mol. The first-order chi connectivity index (χ1) is 12.6. The predicted molar refractivity (Wildman–Crippen MR) is 101 cm³/mol. The van der Waals surface area contributed by atoms with Crippen molar-refractivity contribution < 1.29 is 14.3 Å². The van der Waals surface area contributed by atoms with Crippen LogP contribution in [0.3, 0.4) is 0 Å². The molecule has 0 saturated carbocycles. The van der Waals surface area contributed by atoms with Gasteiger partial charge in [0.25, 0.3) is 5.91 Å². The number of anilines is 1. The minimum atomic E-state index is -0.912. The molecule has 5 heteroatoms. The molecule has 1 aliphatic rings. The minimum Gasteiger partial charge on any atom is -0.444 e. The summed E-state index contributed by atoms with van der Waals surface area (Å²) in [7, 11) is 3.82. The van der Waals surface area contributed by atoms with Gasteiger partial charge in [-0.25, -0.2) is 4.79 Å². The summed E-state index contributed by atoms with van der Waals surface area (Å²) in [4.78, 5) is 29.3. The van der Waals surface area contributed by atoms with Crippen molar-refractivity contribution in [3.63, 3.8) is 0 Å². The molecule has 1 fully saturated rings. The molecule has 2 aromatic carbocycles. The van der Waals surface area contributed by atoms with E-state index in [1.165, 1.54) is 0 Å². The molecule has 1 atom stereocenters. The number of nitrogens with zero attached hydrogens (tertiary/aromatic N) is 2. The third-order valence-corrected chi connectivity index (χ3v) is 4.57. The van der Waals surface area contributed by atoms with E-state index in [9.17, 15) is 9.59 Å². The van der Waals surface area contributed by atoms with Gasteiger partial charge in [0.2, 0.25) is 6.10 Å². The van der Waals surface area contributed by atoms with Crippen molar-refractivity contribution >= 4 is 17.6 Å². The van der Waals surface area contributed by atoms with Crippen LogP contribution in [-0.4, -0.2) is 44.0 Å². The molecular formula is C21H24N2O3. The fourth-order valence-corrected chi connectivity index (χ4v) is 3.08. The smallest absolute Gasteiger partial charge is 0.339 e. The zero-order valence-electron chi connectivity index (χ0n) is 15.2. The topological polar surface area (TPSA) is 49.9 Å². The first kappa shape index (κ1) is 18.0. The lowest BCUT2D eigenvalue weighted by molar-refractivity contribution is -0.140. The Morgan fingerprint density at radius 1 is 1.00 bits per heavy atom. The molecule has 2 aromatic rings. The second-order valence-corrected chi connectivity index (χ2v) is 6.67. The van der Waals surface area contributed by atoms with Crippen molar-refractivity contribution in [2.75, 3.05) is 32.1 Å². The average molecular weight is 352 g/mol. The number of likely N-dealkylation sites (tertiary alicyclic amines) is 1. The summed E-state index contributed by atoms with van der Waals surface area (Å²) in [6, 6.07) is 16.4. The molecule has 3 rings (SSSR count). The maximum absolute atomic E-state index is 12.9. The van der Waals surface area contributed by atoms with Crippen molar-refractivity contribution in [3.8, 4) is 0 Å². The van der Waals surface area contributed by atoms with Gasteiger partial charge in [-0.1, -0.05) is 36.4 Å². The third kappa shape index (κ3) is 4.04.